The van der Waals surface area contributed by atoms with E-state index in [1.807, 2.05) is 48.7 Å². The van der Waals surface area contributed by atoms with Gasteiger partial charge in [-0.3, -0.25) is 4.79 Å². The maximum Gasteiger partial charge on any atom is 0.253 e. The molecule has 0 fully saturated rings. The Hall–Kier alpha value is -1.89. The van der Waals surface area contributed by atoms with Crippen molar-refractivity contribution < 1.29 is 4.79 Å². The highest BCUT2D eigenvalue weighted by Gasteiger charge is 2.18. The molecular formula is C15H12IN3O. The van der Waals surface area contributed by atoms with Gasteiger partial charge in [0.2, 0.25) is 0 Å². The van der Waals surface area contributed by atoms with Gasteiger partial charge in [-0.1, -0.05) is 59.0 Å². The molecule has 0 unspecified atom stereocenters. The Morgan fingerprint density at radius 1 is 1.20 bits per heavy atom. The second kappa shape index (κ2) is 5.24. The number of hydrogen-bond donors (Lipinski definition) is 1. The van der Waals surface area contributed by atoms with Crippen LogP contribution < -0.4 is 5.73 Å². The topological polar surface area (TPSA) is 60.4 Å². The molecule has 1 aromatic carbocycles. The number of halogens is 1. The summed E-state index contributed by atoms with van der Waals surface area (Å²) in [6.45, 7) is 0. The van der Waals surface area contributed by atoms with Crippen molar-refractivity contribution in [2.24, 2.45) is 5.73 Å². The molecule has 4 nitrogen and oxygen atoms in total. The van der Waals surface area contributed by atoms with Gasteiger partial charge in [-0.2, -0.15) is 5.10 Å². The molecule has 20 heavy (non-hydrogen) atoms. The molecule has 3 aromatic rings. The number of benzene rings is 1. The van der Waals surface area contributed by atoms with Crippen LogP contribution in [-0.4, -0.2) is 15.5 Å². The van der Waals surface area contributed by atoms with Gasteiger partial charge in [-0.15, -0.1) is 0 Å². The average molecular weight is 377 g/mol. The second-order valence-electron chi connectivity index (χ2n) is 4.45. The highest BCUT2D eigenvalue weighted by atomic mass is 127. The van der Waals surface area contributed by atoms with Crippen LogP contribution in [0.2, 0.25) is 0 Å². The summed E-state index contributed by atoms with van der Waals surface area (Å²) in [5.41, 5.74) is 9.42. The Morgan fingerprint density at radius 2 is 1.95 bits per heavy atom. The Kier molecular flexibility index (Phi) is 3.43. The highest BCUT2D eigenvalue weighted by molar-refractivity contribution is 14.1. The van der Waals surface area contributed by atoms with Gasteiger partial charge in [0.1, 0.15) is 5.69 Å². The summed E-state index contributed by atoms with van der Waals surface area (Å²) in [5.74, 6) is -0.457. The minimum atomic E-state index is -0.457. The predicted molar refractivity (Wildman–Crippen MR) is 86.9 cm³/mol. The summed E-state index contributed by atoms with van der Waals surface area (Å²) in [6.07, 6.45) is 1.93. The molecule has 0 saturated heterocycles. The molecule has 0 spiro atoms. The first-order valence-corrected chi connectivity index (χ1v) is 7.65. The van der Waals surface area contributed by atoms with E-state index in [2.05, 4.69) is 27.7 Å². The first-order chi connectivity index (χ1) is 9.70. The van der Waals surface area contributed by atoms with Crippen molar-refractivity contribution in [1.82, 2.24) is 9.61 Å². The molecule has 0 saturated carbocycles. The summed E-state index contributed by atoms with van der Waals surface area (Å²) in [5, 5.41) is 4.53. The van der Waals surface area contributed by atoms with Crippen molar-refractivity contribution in [3.05, 3.63) is 59.8 Å². The average Bonchev–Trinajstić information content (AvgIpc) is 2.86. The largest absolute Gasteiger partial charge is 0.365 e. The third-order valence-corrected chi connectivity index (χ3v) is 4.02. The summed E-state index contributed by atoms with van der Waals surface area (Å²) in [7, 11) is 0. The highest BCUT2D eigenvalue weighted by Crippen LogP contribution is 2.26. The fourth-order valence-electron chi connectivity index (χ4n) is 2.21. The standard InChI is InChI=1S/C15H12IN3O/c16-8-10-6-7-12-13(15(17)20)14(18-19(12)9-10)11-4-2-1-3-5-11/h1-7,9H,8H2,(H2,17,20). The van der Waals surface area contributed by atoms with Crippen LogP contribution in [0.5, 0.6) is 0 Å². The smallest absolute Gasteiger partial charge is 0.253 e. The van der Waals surface area contributed by atoms with Crippen LogP contribution in [0.4, 0.5) is 0 Å². The monoisotopic (exact) mass is 377 g/mol. The molecule has 1 amide bonds. The Bertz CT molecular complexity index is 780. The summed E-state index contributed by atoms with van der Waals surface area (Å²) >= 11 is 2.29. The van der Waals surface area contributed by atoms with Crippen LogP contribution in [0, 0.1) is 0 Å². The van der Waals surface area contributed by atoms with Gasteiger partial charge in [0.15, 0.2) is 0 Å². The number of nitrogens with two attached hydrogens (primary N) is 1. The molecule has 3 rings (SSSR count). The van der Waals surface area contributed by atoms with E-state index < -0.39 is 5.91 Å². The van der Waals surface area contributed by atoms with Crippen molar-refractivity contribution in [3.8, 4) is 11.3 Å². The third-order valence-electron chi connectivity index (χ3n) is 3.14. The van der Waals surface area contributed by atoms with E-state index in [0.29, 0.717) is 11.3 Å². The maximum absolute atomic E-state index is 11.8. The molecule has 2 N–H and O–H groups in total. The van der Waals surface area contributed by atoms with Crippen LogP contribution in [0.3, 0.4) is 0 Å². The Morgan fingerprint density at radius 3 is 2.60 bits per heavy atom. The number of aromatic nitrogens is 2. The van der Waals surface area contributed by atoms with Gasteiger partial charge >= 0.3 is 0 Å². The number of carbonyl (C=O) groups excluding carboxylic acids is 1. The minimum Gasteiger partial charge on any atom is -0.365 e. The van der Waals surface area contributed by atoms with Crippen molar-refractivity contribution >= 4 is 34.0 Å². The van der Waals surface area contributed by atoms with E-state index in [9.17, 15) is 4.79 Å². The van der Waals surface area contributed by atoms with Gasteiger partial charge in [0.05, 0.1) is 11.1 Å². The normalized spacial score (nSPS) is 10.8. The lowest BCUT2D eigenvalue weighted by atomic mass is 10.1. The van der Waals surface area contributed by atoms with Gasteiger partial charge in [0, 0.05) is 16.2 Å². The molecule has 5 heteroatoms. The number of pyridine rings is 1. The van der Waals surface area contributed by atoms with E-state index >= 15 is 0 Å². The van der Waals surface area contributed by atoms with Crippen molar-refractivity contribution in [2.45, 2.75) is 4.43 Å². The molecule has 0 atom stereocenters. The molecule has 2 heterocycles. The Labute approximate surface area is 129 Å². The molecule has 0 aliphatic rings. The molecule has 2 aromatic heterocycles. The van der Waals surface area contributed by atoms with Crippen molar-refractivity contribution in [1.29, 1.82) is 0 Å². The van der Waals surface area contributed by atoms with E-state index in [-0.39, 0.29) is 0 Å². The number of fused-ring (bicyclic) bond motifs is 1. The lowest BCUT2D eigenvalue weighted by Crippen LogP contribution is -2.11. The molecule has 0 radical (unpaired) electrons. The third kappa shape index (κ3) is 2.18. The SMILES string of the molecule is NC(=O)c1c(-c2ccccc2)nn2cc(CI)ccc12. The van der Waals surface area contributed by atoms with E-state index in [1.54, 1.807) is 4.52 Å². The number of amides is 1. The van der Waals surface area contributed by atoms with Crippen LogP contribution in [0.25, 0.3) is 16.8 Å². The fraction of sp³-hybridized carbons (Fsp3) is 0.0667. The zero-order valence-electron chi connectivity index (χ0n) is 10.6. The molecule has 0 aliphatic heterocycles. The molecule has 0 aliphatic carbocycles. The van der Waals surface area contributed by atoms with Gasteiger partial charge < -0.3 is 5.73 Å². The first kappa shape index (κ1) is 13.1. The summed E-state index contributed by atoms with van der Waals surface area (Å²) < 4.78 is 2.62. The Balaban J connectivity index is 2.31. The van der Waals surface area contributed by atoms with Crippen molar-refractivity contribution in [3.63, 3.8) is 0 Å². The minimum absolute atomic E-state index is 0.457. The second-order valence-corrected chi connectivity index (χ2v) is 5.22. The molecule has 0 bridgehead atoms. The zero-order chi connectivity index (χ0) is 14.1. The van der Waals surface area contributed by atoms with Gasteiger partial charge in [0.25, 0.3) is 5.91 Å². The number of hydrogen-bond acceptors (Lipinski definition) is 2. The van der Waals surface area contributed by atoms with Crippen molar-refractivity contribution in [2.75, 3.05) is 0 Å². The first-order valence-electron chi connectivity index (χ1n) is 6.13. The number of nitrogens with zero attached hydrogens (tertiary/aromatic N) is 2. The van der Waals surface area contributed by atoms with Gasteiger partial charge in [-0.05, 0) is 11.6 Å². The molecule has 100 valence electrons. The summed E-state index contributed by atoms with van der Waals surface area (Å²) in [6, 6.07) is 13.5. The lowest BCUT2D eigenvalue weighted by Gasteiger charge is -1.99. The number of alkyl halides is 1. The van der Waals surface area contributed by atoms with Crippen LogP contribution >= 0.6 is 22.6 Å². The van der Waals surface area contributed by atoms with Crippen LogP contribution in [0.15, 0.2) is 48.7 Å². The number of rotatable bonds is 3. The summed E-state index contributed by atoms with van der Waals surface area (Å²) in [4.78, 5) is 11.8. The zero-order valence-corrected chi connectivity index (χ0v) is 12.7. The van der Waals surface area contributed by atoms with Crippen LogP contribution in [-0.2, 0) is 4.43 Å². The quantitative estimate of drug-likeness (QED) is 0.564. The van der Waals surface area contributed by atoms with E-state index in [0.717, 1.165) is 21.1 Å². The fourth-order valence-corrected chi connectivity index (χ4v) is 2.66. The van der Waals surface area contributed by atoms with E-state index in [1.165, 1.54) is 0 Å². The predicted octanol–water partition coefficient (Wildman–Crippen LogP) is 3.04. The van der Waals surface area contributed by atoms with Crippen LogP contribution in [0.1, 0.15) is 15.9 Å². The maximum atomic E-state index is 11.8. The number of primary amides is 1. The number of carbonyl (C=O) groups is 1. The van der Waals surface area contributed by atoms with E-state index in [4.69, 9.17) is 5.73 Å². The molecular weight excluding hydrogens is 365 g/mol. The lowest BCUT2D eigenvalue weighted by molar-refractivity contribution is 0.100. The van der Waals surface area contributed by atoms with Gasteiger partial charge in [-0.25, -0.2) is 4.52 Å².